The number of carbonyl (C=O) groups excluding carboxylic acids is 1. The Bertz CT molecular complexity index is 529. The van der Waals surface area contributed by atoms with Crippen LogP contribution < -0.4 is 5.32 Å². The topological polar surface area (TPSA) is 51.2 Å². The van der Waals surface area contributed by atoms with Gasteiger partial charge in [-0.25, -0.2) is 0 Å². The summed E-state index contributed by atoms with van der Waals surface area (Å²) in [6.07, 6.45) is 9.05. The van der Waals surface area contributed by atoms with E-state index >= 15 is 0 Å². The minimum atomic E-state index is -0.103. The fourth-order valence-corrected chi connectivity index (χ4v) is 4.09. The van der Waals surface area contributed by atoms with Gasteiger partial charge in [-0.2, -0.15) is 0 Å². The van der Waals surface area contributed by atoms with Gasteiger partial charge in [0.05, 0.1) is 16.7 Å². The molecule has 0 bridgehead atoms. The Hall–Kier alpha value is -1.13. The molecule has 2 unspecified atom stereocenters. The molecule has 2 aliphatic rings. The van der Waals surface area contributed by atoms with Crippen molar-refractivity contribution >= 4 is 17.5 Å². The highest BCUT2D eigenvalue weighted by molar-refractivity contribution is 6.33. The molecule has 114 valence electrons. The molecule has 1 heterocycles. The minimum Gasteiger partial charge on any atom is -0.378 e. The molecule has 1 amide bonds. The second kappa shape index (κ2) is 5.93. The summed E-state index contributed by atoms with van der Waals surface area (Å²) in [5.74, 6) is -0.103. The van der Waals surface area contributed by atoms with Crippen LogP contribution in [0.5, 0.6) is 0 Å². The van der Waals surface area contributed by atoms with Gasteiger partial charge in [-0.1, -0.05) is 24.4 Å². The zero-order valence-electron chi connectivity index (χ0n) is 12.3. The molecule has 1 aromatic rings. The van der Waals surface area contributed by atoms with Crippen LogP contribution in [0, 0.1) is 5.41 Å². The second-order valence-corrected chi connectivity index (χ2v) is 6.41. The van der Waals surface area contributed by atoms with Crippen LogP contribution >= 0.6 is 11.6 Å². The molecule has 2 aliphatic carbocycles. The Kier molecular flexibility index (Phi) is 4.18. The Morgan fingerprint density at radius 1 is 1.52 bits per heavy atom. The number of nitrogens with zero attached hydrogens (tertiary/aromatic N) is 1. The van der Waals surface area contributed by atoms with E-state index < -0.39 is 0 Å². The number of hydrogen-bond donors (Lipinski definition) is 1. The summed E-state index contributed by atoms with van der Waals surface area (Å²) in [7, 11) is 0. The minimum absolute atomic E-state index is 0.103. The lowest BCUT2D eigenvalue weighted by Crippen LogP contribution is -2.63. The molecule has 0 saturated heterocycles. The van der Waals surface area contributed by atoms with Crippen molar-refractivity contribution < 1.29 is 9.53 Å². The maximum atomic E-state index is 12.4. The van der Waals surface area contributed by atoms with Crippen LogP contribution in [0.1, 0.15) is 49.4 Å². The van der Waals surface area contributed by atoms with E-state index in [1.54, 1.807) is 12.3 Å². The maximum absolute atomic E-state index is 12.4. The van der Waals surface area contributed by atoms with E-state index in [1.807, 2.05) is 6.92 Å². The standard InChI is InChI=1S/C16H21ClN2O2/c1-2-21-14-9-13(16(14)6-3-4-7-16)19-15(20)11-5-8-18-10-12(11)17/h5,8,10,13-14H,2-4,6-7,9H2,1H3,(H,19,20). The van der Waals surface area contributed by atoms with Crippen LogP contribution in [0.4, 0.5) is 0 Å². The van der Waals surface area contributed by atoms with Crippen LogP contribution in [0.3, 0.4) is 0 Å². The number of nitrogens with one attached hydrogen (secondary N) is 1. The smallest absolute Gasteiger partial charge is 0.253 e. The van der Waals surface area contributed by atoms with E-state index in [2.05, 4.69) is 10.3 Å². The van der Waals surface area contributed by atoms with Crippen LogP contribution in [0.25, 0.3) is 0 Å². The quantitative estimate of drug-likeness (QED) is 0.929. The molecular formula is C16H21ClN2O2. The molecule has 3 rings (SSSR count). The van der Waals surface area contributed by atoms with Crippen molar-refractivity contribution in [1.29, 1.82) is 0 Å². The SMILES string of the molecule is CCOC1CC(NC(=O)c2ccncc2Cl)C12CCCC2. The zero-order valence-corrected chi connectivity index (χ0v) is 13.0. The summed E-state index contributed by atoms with van der Waals surface area (Å²) in [5.41, 5.74) is 0.644. The van der Waals surface area contributed by atoms with Crippen molar-refractivity contribution in [3.8, 4) is 0 Å². The van der Waals surface area contributed by atoms with E-state index in [9.17, 15) is 4.79 Å². The molecule has 4 nitrogen and oxygen atoms in total. The van der Waals surface area contributed by atoms with Gasteiger partial charge in [-0.15, -0.1) is 0 Å². The Morgan fingerprint density at radius 3 is 2.95 bits per heavy atom. The van der Waals surface area contributed by atoms with Crippen molar-refractivity contribution in [2.75, 3.05) is 6.61 Å². The van der Waals surface area contributed by atoms with Crippen LogP contribution in [0.15, 0.2) is 18.5 Å². The molecule has 5 heteroatoms. The molecule has 1 N–H and O–H groups in total. The van der Waals surface area contributed by atoms with Crippen LogP contribution in [-0.4, -0.2) is 29.6 Å². The summed E-state index contributed by atoms with van der Waals surface area (Å²) in [6.45, 7) is 2.77. The normalized spacial score (nSPS) is 26.6. The van der Waals surface area contributed by atoms with Crippen LogP contribution in [-0.2, 0) is 4.74 Å². The van der Waals surface area contributed by atoms with E-state index in [0.29, 0.717) is 16.7 Å². The van der Waals surface area contributed by atoms with Gasteiger partial charge < -0.3 is 10.1 Å². The van der Waals surface area contributed by atoms with Gasteiger partial charge in [0.25, 0.3) is 5.91 Å². The first-order valence-corrected chi connectivity index (χ1v) is 8.07. The number of pyridine rings is 1. The first kappa shape index (κ1) is 14.8. The molecule has 0 aliphatic heterocycles. The van der Waals surface area contributed by atoms with Gasteiger partial charge in [-0.05, 0) is 32.3 Å². The zero-order chi connectivity index (χ0) is 14.9. The lowest BCUT2D eigenvalue weighted by molar-refractivity contribution is -0.127. The van der Waals surface area contributed by atoms with E-state index in [4.69, 9.17) is 16.3 Å². The van der Waals surface area contributed by atoms with Crippen molar-refractivity contribution in [3.63, 3.8) is 0 Å². The molecule has 1 aromatic heterocycles. The maximum Gasteiger partial charge on any atom is 0.253 e. The predicted octanol–water partition coefficient (Wildman–Crippen LogP) is 3.20. The van der Waals surface area contributed by atoms with Gasteiger partial charge in [0.2, 0.25) is 0 Å². The number of ether oxygens (including phenoxy) is 1. The average molecular weight is 309 g/mol. The summed E-state index contributed by atoms with van der Waals surface area (Å²) < 4.78 is 5.87. The first-order chi connectivity index (χ1) is 10.2. The number of carbonyl (C=O) groups is 1. The van der Waals surface area contributed by atoms with Gasteiger partial charge in [0.15, 0.2) is 0 Å². The van der Waals surface area contributed by atoms with E-state index in [1.165, 1.54) is 19.0 Å². The molecule has 1 spiro atoms. The molecule has 0 aromatic carbocycles. The second-order valence-electron chi connectivity index (χ2n) is 6.00. The molecule has 2 atom stereocenters. The Morgan fingerprint density at radius 2 is 2.29 bits per heavy atom. The molecule has 2 fully saturated rings. The first-order valence-electron chi connectivity index (χ1n) is 7.69. The van der Waals surface area contributed by atoms with Crippen molar-refractivity contribution in [1.82, 2.24) is 10.3 Å². The average Bonchev–Trinajstić information content (AvgIpc) is 2.99. The summed E-state index contributed by atoms with van der Waals surface area (Å²) in [5, 5.41) is 3.56. The number of hydrogen-bond acceptors (Lipinski definition) is 3. The molecule has 0 radical (unpaired) electrons. The van der Waals surface area contributed by atoms with Crippen molar-refractivity contribution in [2.24, 2.45) is 5.41 Å². The Balaban J connectivity index is 1.71. The third kappa shape index (κ3) is 2.55. The molecule has 21 heavy (non-hydrogen) atoms. The van der Waals surface area contributed by atoms with E-state index in [-0.39, 0.29) is 17.4 Å². The summed E-state index contributed by atoms with van der Waals surface area (Å²) in [6, 6.07) is 1.87. The number of halogens is 1. The van der Waals surface area contributed by atoms with E-state index in [0.717, 1.165) is 25.9 Å². The summed E-state index contributed by atoms with van der Waals surface area (Å²) in [4.78, 5) is 16.3. The highest BCUT2D eigenvalue weighted by Crippen LogP contribution is 2.54. The van der Waals surface area contributed by atoms with Crippen molar-refractivity contribution in [3.05, 3.63) is 29.0 Å². The number of aromatic nitrogens is 1. The third-order valence-electron chi connectivity index (χ3n) is 5.01. The van der Waals surface area contributed by atoms with Gasteiger partial charge in [0.1, 0.15) is 0 Å². The lowest BCUT2D eigenvalue weighted by atomic mass is 9.60. The number of amides is 1. The Labute approximate surface area is 130 Å². The van der Waals surface area contributed by atoms with Crippen LogP contribution in [0.2, 0.25) is 5.02 Å². The third-order valence-corrected chi connectivity index (χ3v) is 5.31. The van der Waals surface area contributed by atoms with Gasteiger partial charge in [-0.3, -0.25) is 9.78 Å². The highest BCUT2D eigenvalue weighted by atomic mass is 35.5. The number of rotatable bonds is 4. The van der Waals surface area contributed by atoms with Gasteiger partial charge in [0, 0.05) is 30.5 Å². The lowest BCUT2D eigenvalue weighted by Gasteiger charge is -2.54. The molecular weight excluding hydrogens is 288 g/mol. The van der Waals surface area contributed by atoms with Crippen molar-refractivity contribution in [2.45, 2.75) is 51.2 Å². The predicted molar refractivity (Wildman–Crippen MR) is 81.4 cm³/mol. The highest BCUT2D eigenvalue weighted by Gasteiger charge is 2.57. The molecule has 2 saturated carbocycles. The monoisotopic (exact) mass is 308 g/mol. The summed E-state index contributed by atoms with van der Waals surface area (Å²) >= 11 is 6.05. The fourth-order valence-electron chi connectivity index (χ4n) is 3.88. The van der Waals surface area contributed by atoms with Gasteiger partial charge >= 0.3 is 0 Å². The largest absolute Gasteiger partial charge is 0.378 e. The fraction of sp³-hybridized carbons (Fsp3) is 0.625.